The number of para-hydroxylation sites is 1. The first kappa shape index (κ1) is 21.0. The minimum atomic E-state index is -0.112. The molecule has 0 aliphatic rings. The number of hydrogen-bond donors (Lipinski definition) is 1. The molecule has 6 nitrogen and oxygen atoms in total. The summed E-state index contributed by atoms with van der Waals surface area (Å²) in [7, 11) is 0. The minimum Gasteiger partial charge on any atom is -0.350 e. The fourth-order valence-corrected chi connectivity index (χ4v) is 3.99. The zero-order chi connectivity index (χ0) is 22.6. The lowest BCUT2D eigenvalue weighted by molar-refractivity contribution is -0.122. The van der Waals surface area contributed by atoms with Gasteiger partial charge in [-0.1, -0.05) is 52.3 Å². The Kier molecular flexibility index (Phi) is 5.95. The molecule has 0 unspecified atom stereocenters. The number of aromatic nitrogens is 4. The summed E-state index contributed by atoms with van der Waals surface area (Å²) in [5.41, 5.74) is 5.33. The second kappa shape index (κ2) is 9.34. The number of nitrogens with one attached hydrogen (secondary N) is 1. The van der Waals surface area contributed by atoms with E-state index in [-0.39, 0.29) is 12.5 Å². The smallest absolute Gasteiger partial charge is 0.241 e. The summed E-state index contributed by atoms with van der Waals surface area (Å²) >= 11 is 3.42. The predicted molar refractivity (Wildman–Crippen MR) is 132 cm³/mol. The first-order chi connectivity index (χ1) is 16.2. The van der Waals surface area contributed by atoms with Gasteiger partial charge in [0.25, 0.3) is 0 Å². The van der Waals surface area contributed by atoms with E-state index < -0.39 is 0 Å². The highest BCUT2D eigenvalue weighted by Crippen LogP contribution is 2.34. The van der Waals surface area contributed by atoms with Gasteiger partial charge in [0.15, 0.2) is 0 Å². The third-order valence-electron chi connectivity index (χ3n) is 5.32. The van der Waals surface area contributed by atoms with Crippen molar-refractivity contribution >= 4 is 32.7 Å². The number of benzene rings is 2. The summed E-state index contributed by atoms with van der Waals surface area (Å²) in [5.74, 6) is -0.112. The maximum absolute atomic E-state index is 12.7. The number of nitrogens with zero attached hydrogens (tertiary/aromatic N) is 4. The summed E-state index contributed by atoms with van der Waals surface area (Å²) in [5, 5.41) is 8.73. The topological polar surface area (TPSA) is 72.7 Å². The van der Waals surface area contributed by atoms with Crippen molar-refractivity contribution in [2.24, 2.45) is 0 Å². The summed E-state index contributed by atoms with van der Waals surface area (Å²) in [6, 6.07) is 23.6. The lowest BCUT2D eigenvalue weighted by atomic mass is 10.0. The number of carbonyl (C=O) groups excluding carboxylic acids is 1. The fraction of sp³-hybridized carbons (Fsp3) is 0.0769. The molecule has 33 heavy (non-hydrogen) atoms. The number of hydrogen-bond acceptors (Lipinski definition) is 4. The first-order valence-corrected chi connectivity index (χ1v) is 11.3. The molecule has 0 bridgehead atoms. The molecule has 3 heterocycles. The molecule has 3 aromatic heterocycles. The van der Waals surface area contributed by atoms with E-state index in [2.05, 4.69) is 31.2 Å². The number of rotatable bonds is 6. The van der Waals surface area contributed by atoms with Gasteiger partial charge in [0.05, 0.1) is 11.2 Å². The average Bonchev–Trinajstić information content (AvgIpc) is 3.27. The van der Waals surface area contributed by atoms with Gasteiger partial charge in [-0.25, -0.2) is 0 Å². The van der Waals surface area contributed by atoms with E-state index in [0.717, 1.165) is 43.5 Å². The van der Waals surface area contributed by atoms with Crippen molar-refractivity contribution in [3.63, 3.8) is 0 Å². The quantitative estimate of drug-likeness (QED) is 0.348. The van der Waals surface area contributed by atoms with Gasteiger partial charge in [0.1, 0.15) is 12.2 Å². The summed E-state index contributed by atoms with van der Waals surface area (Å²) in [4.78, 5) is 21.6. The Labute approximate surface area is 199 Å². The Morgan fingerprint density at radius 1 is 0.879 bits per heavy atom. The second-order valence-corrected chi connectivity index (χ2v) is 8.50. The highest BCUT2D eigenvalue weighted by atomic mass is 79.9. The molecule has 5 aromatic rings. The van der Waals surface area contributed by atoms with Crippen LogP contribution >= 0.6 is 15.9 Å². The van der Waals surface area contributed by atoms with E-state index in [1.165, 1.54) is 0 Å². The van der Waals surface area contributed by atoms with Crippen LogP contribution in [-0.2, 0) is 17.9 Å². The number of fused-ring (bicyclic) bond motifs is 1. The van der Waals surface area contributed by atoms with E-state index in [0.29, 0.717) is 6.54 Å². The molecule has 0 saturated carbocycles. The highest BCUT2D eigenvalue weighted by molar-refractivity contribution is 9.10. The van der Waals surface area contributed by atoms with Crippen LogP contribution in [0.4, 0.5) is 0 Å². The SMILES string of the molecule is O=C(Cn1cc(-c2ccnc3ccccc23)c(-c2ccccn2)n1)NCc1ccc(Br)cc1. The van der Waals surface area contributed by atoms with Crippen molar-refractivity contribution < 1.29 is 4.79 Å². The van der Waals surface area contributed by atoms with Gasteiger partial charge < -0.3 is 5.32 Å². The van der Waals surface area contributed by atoms with E-state index in [9.17, 15) is 4.79 Å². The molecule has 0 spiro atoms. The van der Waals surface area contributed by atoms with Gasteiger partial charge in [-0.3, -0.25) is 19.4 Å². The van der Waals surface area contributed by atoms with E-state index in [1.807, 2.05) is 79.0 Å². The lowest BCUT2D eigenvalue weighted by Crippen LogP contribution is -2.27. The van der Waals surface area contributed by atoms with Crippen molar-refractivity contribution in [3.8, 4) is 22.5 Å². The number of carbonyl (C=O) groups is 1. The van der Waals surface area contributed by atoms with Crippen LogP contribution in [0.2, 0.25) is 0 Å². The molecule has 0 saturated heterocycles. The molecule has 7 heteroatoms. The van der Waals surface area contributed by atoms with Gasteiger partial charge in [-0.15, -0.1) is 0 Å². The Balaban J connectivity index is 1.46. The number of pyridine rings is 2. The molecular formula is C26H20BrN5O. The molecule has 1 amide bonds. The third-order valence-corrected chi connectivity index (χ3v) is 5.85. The van der Waals surface area contributed by atoms with Crippen LogP contribution in [0.3, 0.4) is 0 Å². The van der Waals surface area contributed by atoms with Crippen molar-refractivity contribution in [2.75, 3.05) is 0 Å². The molecular weight excluding hydrogens is 478 g/mol. The molecule has 2 aromatic carbocycles. The normalized spacial score (nSPS) is 10.9. The van der Waals surface area contributed by atoms with Crippen LogP contribution in [0.1, 0.15) is 5.56 Å². The van der Waals surface area contributed by atoms with Crippen molar-refractivity contribution in [3.05, 3.63) is 101 Å². The van der Waals surface area contributed by atoms with Crippen molar-refractivity contribution in [2.45, 2.75) is 13.1 Å². The van der Waals surface area contributed by atoms with Crippen molar-refractivity contribution in [1.82, 2.24) is 25.1 Å². The number of halogens is 1. The summed E-state index contributed by atoms with van der Waals surface area (Å²) in [6.07, 6.45) is 5.45. The molecule has 5 rings (SSSR count). The Morgan fingerprint density at radius 2 is 1.70 bits per heavy atom. The molecule has 162 valence electrons. The molecule has 1 N–H and O–H groups in total. The van der Waals surface area contributed by atoms with Gasteiger partial charge in [0, 0.05) is 40.6 Å². The summed E-state index contributed by atoms with van der Waals surface area (Å²) < 4.78 is 2.68. The van der Waals surface area contributed by atoms with E-state index >= 15 is 0 Å². The largest absolute Gasteiger partial charge is 0.350 e. The third kappa shape index (κ3) is 4.68. The lowest BCUT2D eigenvalue weighted by Gasteiger charge is -2.06. The highest BCUT2D eigenvalue weighted by Gasteiger charge is 2.17. The Hall–Kier alpha value is -3.84. The zero-order valence-corrected chi connectivity index (χ0v) is 19.2. The van der Waals surface area contributed by atoms with E-state index in [1.54, 1.807) is 17.1 Å². The van der Waals surface area contributed by atoms with Gasteiger partial charge in [-0.05, 0) is 47.5 Å². The monoisotopic (exact) mass is 497 g/mol. The maximum atomic E-state index is 12.7. The van der Waals surface area contributed by atoms with Crippen molar-refractivity contribution in [1.29, 1.82) is 0 Å². The van der Waals surface area contributed by atoms with Crippen LogP contribution in [0.5, 0.6) is 0 Å². The standard InChI is InChI=1S/C26H20BrN5O/c27-19-10-8-18(9-11-19)15-30-25(33)17-32-16-22(26(31-32)24-7-3-4-13-28-24)20-12-14-29-23-6-2-1-5-21(20)23/h1-14,16H,15,17H2,(H,30,33). The summed E-state index contributed by atoms with van der Waals surface area (Å²) in [6.45, 7) is 0.571. The van der Waals surface area contributed by atoms with Gasteiger partial charge >= 0.3 is 0 Å². The van der Waals surface area contributed by atoms with E-state index in [4.69, 9.17) is 5.10 Å². The van der Waals surface area contributed by atoms with Crippen LogP contribution < -0.4 is 5.32 Å². The van der Waals surface area contributed by atoms with Crippen LogP contribution in [-0.4, -0.2) is 25.7 Å². The molecule has 0 aliphatic heterocycles. The predicted octanol–water partition coefficient (Wildman–Crippen LogP) is 5.24. The van der Waals surface area contributed by atoms with Gasteiger partial charge in [-0.2, -0.15) is 5.10 Å². The molecule has 0 aliphatic carbocycles. The zero-order valence-electron chi connectivity index (χ0n) is 17.6. The van der Waals surface area contributed by atoms with Crippen LogP contribution in [0.15, 0.2) is 95.9 Å². The first-order valence-electron chi connectivity index (χ1n) is 10.5. The number of amides is 1. The fourth-order valence-electron chi connectivity index (χ4n) is 3.73. The van der Waals surface area contributed by atoms with Gasteiger partial charge in [0.2, 0.25) is 5.91 Å². The molecule has 0 radical (unpaired) electrons. The Bertz CT molecular complexity index is 1410. The minimum absolute atomic E-state index is 0.110. The average molecular weight is 498 g/mol. The maximum Gasteiger partial charge on any atom is 0.241 e. The Morgan fingerprint density at radius 3 is 2.52 bits per heavy atom. The molecule has 0 fully saturated rings. The van der Waals surface area contributed by atoms with Crippen LogP contribution in [0, 0.1) is 0 Å². The van der Waals surface area contributed by atoms with Crippen LogP contribution in [0.25, 0.3) is 33.4 Å². The molecule has 0 atom stereocenters. The second-order valence-electron chi connectivity index (χ2n) is 7.58.